The number of allylic oxidation sites excluding steroid dienone is 1. The van der Waals surface area contributed by atoms with Crippen molar-refractivity contribution in [3.05, 3.63) is 29.2 Å². The third kappa shape index (κ3) is 4.18. The van der Waals surface area contributed by atoms with Crippen LogP contribution in [0.25, 0.3) is 6.08 Å². The summed E-state index contributed by atoms with van der Waals surface area (Å²) in [4.78, 5) is 0. The van der Waals surface area contributed by atoms with Crippen molar-refractivity contribution < 1.29 is 4.42 Å². The van der Waals surface area contributed by atoms with Crippen LogP contribution in [0.5, 0.6) is 0 Å². The van der Waals surface area contributed by atoms with E-state index in [9.17, 15) is 0 Å². The molecule has 1 rings (SSSR count). The van der Waals surface area contributed by atoms with Crippen molar-refractivity contribution in [1.82, 2.24) is 0 Å². The summed E-state index contributed by atoms with van der Waals surface area (Å²) in [5, 5.41) is 0.452. The van der Waals surface area contributed by atoms with Gasteiger partial charge in [0.25, 0.3) is 0 Å². The minimum Gasteiger partial charge on any atom is -0.445 e. The van der Waals surface area contributed by atoms with Gasteiger partial charge in [-0.3, -0.25) is 0 Å². The van der Waals surface area contributed by atoms with Gasteiger partial charge in [-0.15, -0.1) is 0 Å². The van der Waals surface area contributed by atoms with Crippen LogP contribution in [0.2, 0.25) is 5.22 Å². The van der Waals surface area contributed by atoms with Crippen molar-refractivity contribution in [3.8, 4) is 0 Å². The Hall–Kier alpha value is -0.690. The van der Waals surface area contributed by atoms with Gasteiger partial charge in [-0.05, 0) is 42.7 Å². The van der Waals surface area contributed by atoms with Gasteiger partial charge in [0, 0.05) is 0 Å². The lowest BCUT2D eigenvalue weighted by Crippen LogP contribution is -1.70. The van der Waals surface area contributed by atoms with Gasteiger partial charge in [-0.1, -0.05) is 25.8 Å². The average Bonchev–Trinajstić information content (AvgIpc) is 2.51. The third-order valence-corrected chi connectivity index (χ3v) is 2.05. The van der Waals surface area contributed by atoms with Crippen LogP contribution < -0.4 is 0 Å². The zero-order chi connectivity index (χ0) is 9.52. The molecule has 1 heterocycles. The second-order valence-electron chi connectivity index (χ2n) is 3.04. The molecule has 0 aliphatic carbocycles. The fraction of sp³-hybridized carbons (Fsp3) is 0.455. The van der Waals surface area contributed by atoms with Crippen LogP contribution in [-0.2, 0) is 0 Å². The number of rotatable bonds is 5. The maximum Gasteiger partial charge on any atom is 0.193 e. The lowest BCUT2D eigenvalue weighted by molar-refractivity contribution is 0.558. The van der Waals surface area contributed by atoms with E-state index in [0.29, 0.717) is 5.22 Å². The Labute approximate surface area is 84.4 Å². The summed E-state index contributed by atoms with van der Waals surface area (Å²) in [6, 6.07) is 3.63. The number of furan rings is 1. The zero-order valence-corrected chi connectivity index (χ0v) is 8.68. The zero-order valence-electron chi connectivity index (χ0n) is 7.92. The molecule has 1 aromatic heterocycles. The van der Waals surface area contributed by atoms with Gasteiger partial charge < -0.3 is 4.42 Å². The second kappa shape index (κ2) is 5.87. The van der Waals surface area contributed by atoms with Gasteiger partial charge in [0.2, 0.25) is 0 Å². The van der Waals surface area contributed by atoms with Gasteiger partial charge in [0.1, 0.15) is 5.76 Å². The maximum absolute atomic E-state index is 5.62. The minimum absolute atomic E-state index is 0.452. The van der Waals surface area contributed by atoms with E-state index in [1.54, 1.807) is 6.07 Å². The molecule has 0 aliphatic heterocycles. The highest BCUT2D eigenvalue weighted by molar-refractivity contribution is 6.28. The molecule has 0 aromatic carbocycles. The molecule has 2 heteroatoms. The Morgan fingerprint density at radius 1 is 1.38 bits per heavy atom. The van der Waals surface area contributed by atoms with Crippen molar-refractivity contribution in [3.63, 3.8) is 0 Å². The summed E-state index contributed by atoms with van der Waals surface area (Å²) in [5.74, 6) is 0.835. The van der Waals surface area contributed by atoms with Crippen LogP contribution >= 0.6 is 11.6 Å². The first kappa shape index (κ1) is 10.4. The summed E-state index contributed by atoms with van der Waals surface area (Å²) in [6.45, 7) is 2.20. The Morgan fingerprint density at radius 3 is 2.85 bits per heavy atom. The van der Waals surface area contributed by atoms with E-state index in [0.717, 1.165) is 12.2 Å². The summed E-state index contributed by atoms with van der Waals surface area (Å²) < 4.78 is 5.17. The minimum atomic E-state index is 0.452. The summed E-state index contributed by atoms with van der Waals surface area (Å²) in [6.07, 6.45) is 9.03. The predicted octanol–water partition coefficient (Wildman–Crippen LogP) is 4.53. The maximum atomic E-state index is 5.62. The molecule has 0 unspecified atom stereocenters. The van der Waals surface area contributed by atoms with E-state index in [4.69, 9.17) is 16.0 Å². The van der Waals surface area contributed by atoms with Crippen LogP contribution in [0.4, 0.5) is 0 Å². The lowest BCUT2D eigenvalue weighted by atomic mass is 10.2. The first-order valence-corrected chi connectivity index (χ1v) is 5.12. The van der Waals surface area contributed by atoms with Crippen LogP contribution in [-0.4, -0.2) is 0 Å². The smallest absolute Gasteiger partial charge is 0.193 e. The molecule has 0 bridgehead atoms. The molecular formula is C11H15ClO. The van der Waals surface area contributed by atoms with Crippen LogP contribution in [0, 0.1) is 0 Å². The molecule has 1 nitrogen and oxygen atoms in total. The summed E-state index contributed by atoms with van der Waals surface area (Å²) >= 11 is 5.62. The molecule has 0 aliphatic rings. The van der Waals surface area contributed by atoms with Crippen LogP contribution in [0.3, 0.4) is 0 Å². The lowest BCUT2D eigenvalue weighted by Gasteiger charge is -1.90. The van der Waals surface area contributed by atoms with Gasteiger partial charge in [0.05, 0.1) is 0 Å². The second-order valence-corrected chi connectivity index (χ2v) is 3.41. The number of halogens is 1. The standard InChI is InChI=1S/C11H15ClO/c1-2-3-4-5-6-7-10-8-9-11(12)13-10/h6-9H,2-5H2,1H3. The van der Waals surface area contributed by atoms with Crippen LogP contribution in [0.15, 0.2) is 22.6 Å². The molecule has 0 atom stereocenters. The van der Waals surface area contributed by atoms with E-state index in [2.05, 4.69) is 13.0 Å². The van der Waals surface area contributed by atoms with Crippen molar-refractivity contribution >= 4 is 17.7 Å². The average molecular weight is 199 g/mol. The molecule has 0 amide bonds. The summed E-state index contributed by atoms with van der Waals surface area (Å²) in [5.41, 5.74) is 0. The number of hydrogen-bond donors (Lipinski definition) is 0. The van der Waals surface area contributed by atoms with Gasteiger partial charge in [0.15, 0.2) is 5.22 Å². The molecule has 0 N–H and O–H groups in total. The molecular weight excluding hydrogens is 184 g/mol. The molecule has 13 heavy (non-hydrogen) atoms. The Balaban J connectivity index is 2.24. The highest BCUT2D eigenvalue weighted by atomic mass is 35.5. The fourth-order valence-electron chi connectivity index (χ4n) is 1.13. The summed E-state index contributed by atoms with van der Waals surface area (Å²) in [7, 11) is 0. The molecule has 1 aromatic rings. The Morgan fingerprint density at radius 2 is 2.23 bits per heavy atom. The van der Waals surface area contributed by atoms with Crippen LogP contribution in [0.1, 0.15) is 38.4 Å². The van der Waals surface area contributed by atoms with Gasteiger partial charge in [-0.2, -0.15) is 0 Å². The molecule has 72 valence electrons. The normalized spacial score (nSPS) is 11.2. The first-order chi connectivity index (χ1) is 6.33. The SMILES string of the molecule is CCCCCC=Cc1ccc(Cl)o1. The molecule has 0 spiro atoms. The van der Waals surface area contributed by atoms with Gasteiger partial charge >= 0.3 is 0 Å². The largest absolute Gasteiger partial charge is 0.445 e. The van der Waals surface area contributed by atoms with E-state index < -0.39 is 0 Å². The van der Waals surface area contributed by atoms with Crippen molar-refractivity contribution in [2.45, 2.75) is 32.6 Å². The Kier molecular flexibility index (Phi) is 4.69. The van der Waals surface area contributed by atoms with E-state index >= 15 is 0 Å². The predicted molar refractivity (Wildman–Crippen MR) is 56.9 cm³/mol. The van der Waals surface area contributed by atoms with Gasteiger partial charge in [-0.25, -0.2) is 0 Å². The third-order valence-electron chi connectivity index (χ3n) is 1.85. The van der Waals surface area contributed by atoms with Crippen molar-refractivity contribution in [1.29, 1.82) is 0 Å². The first-order valence-electron chi connectivity index (χ1n) is 4.75. The number of hydrogen-bond acceptors (Lipinski definition) is 1. The van der Waals surface area contributed by atoms with Crippen molar-refractivity contribution in [2.75, 3.05) is 0 Å². The fourth-order valence-corrected chi connectivity index (χ4v) is 1.28. The topological polar surface area (TPSA) is 13.1 Å². The van der Waals surface area contributed by atoms with Crippen molar-refractivity contribution in [2.24, 2.45) is 0 Å². The van der Waals surface area contributed by atoms with E-state index in [1.807, 2.05) is 12.1 Å². The number of unbranched alkanes of at least 4 members (excludes halogenated alkanes) is 3. The molecule has 0 fully saturated rings. The highest BCUT2D eigenvalue weighted by Gasteiger charge is 1.93. The molecule has 0 saturated heterocycles. The Bertz CT molecular complexity index is 263. The van der Waals surface area contributed by atoms with E-state index in [-0.39, 0.29) is 0 Å². The monoisotopic (exact) mass is 198 g/mol. The van der Waals surface area contributed by atoms with E-state index in [1.165, 1.54) is 19.3 Å². The quantitative estimate of drug-likeness (QED) is 0.634. The molecule has 0 radical (unpaired) electrons. The molecule has 0 saturated carbocycles. The highest BCUT2D eigenvalue weighted by Crippen LogP contribution is 2.14.